The van der Waals surface area contributed by atoms with E-state index in [9.17, 15) is 4.79 Å². The Morgan fingerprint density at radius 1 is 1.23 bits per heavy atom. The molecule has 0 unspecified atom stereocenters. The maximum Gasteiger partial charge on any atom is 0.343 e. The van der Waals surface area contributed by atoms with Crippen molar-refractivity contribution in [2.45, 2.75) is 20.8 Å². The second-order valence-corrected chi connectivity index (χ2v) is 6.73. The quantitative estimate of drug-likeness (QED) is 0.507. The van der Waals surface area contributed by atoms with Gasteiger partial charge in [-0.25, -0.2) is 9.78 Å². The number of rotatable bonds is 5. The van der Waals surface area contributed by atoms with Crippen LogP contribution in [0.2, 0.25) is 0 Å². The van der Waals surface area contributed by atoms with Crippen molar-refractivity contribution in [2.75, 3.05) is 19.5 Å². The summed E-state index contributed by atoms with van der Waals surface area (Å²) in [6, 6.07) is 9.52. The summed E-state index contributed by atoms with van der Waals surface area (Å²) in [5.41, 5.74) is 10.3. The SMILES string of the molecule is CCOC(=O)c1cnn(-c2cc(C)nc3c(-c4ccccc4OC)c(C)nn23)c1N. The lowest BCUT2D eigenvalue weighted by atomic mass is 10.1. The van der Waals surface area contributed by atoms with Crippen molar-refractivity contribution in [3.05, 3.63) is 53.5 Å². The highest BCUT2D eigenvalue weighted by Gasteiger charge is 2.22. The molecule has 1 aromatic carbocycles. The van der Waals surface area contributed by atoms with Crippen LogP contribution in [0.1, 0.15) is 28.7 Å². The number of esters is 1. The number of carbonyl (C=O) groups is 1. The molecule has 0 saturated carbocycles. The molecule has 2 N–H and O–H groups in total. The van der Waals surface area contributed by atoms with Gasteiger partial charge >= 0.3 is 5.97 Å². The van der Waals surface area contributed by atoms with Gasteiger partial charge < -0.3 is 15.2 Å². The van der Waals surface area contributed by atoms with Gasteiger partial charge in [-0.1, -0.05) is 18.2 Å². The first-order chi connectivity index (χ1) is 14.5. The second-order valence-electron chi connectivity index (χ2n) is 6.73. The molecule has 0 amide bonds. The zero-order chi connectivity index (χ0) is 21.4. The lowest BCUT2D eigenvalue weighted by Gasteiger charge is -2.10. The van der Waals surface area contributed by atoms with Crippen LogP contribution in [-0.4, -0.2) is 44.1 Å². The Kier molecular flexibility index (Phi) is 4.86. The van der Waals surface area contributed by atoms with Gasteiger partial charge in [0.1, 0.15) is 17.1 Å². The van der Waals surface area contributed by atoms with Crippen molar-refractivity contribution < 1.29 is 14.3 Å². The fourth-order valence-electron chi connectivity index (χ4n) is 3.45. The average molecular weight is 406 g/mol. The van der Waals surface area contributed by atoms with Crippen LogP contribution in [0.25, 0.3) is 22.6 Å². The summed E-state index contributed by atoms with van der Waals surface area (Å²) >= 11 is 0. The van der Waals surface area contributed by atoms with Crippen LogP contribution >= 0.6 is 0 Å². The van der Waals surface area contributed by atoms with Gasteiger partial charge in [-0.05, 0) is 26.8 Å². The largest absolute Gasteiger partial charge is 0.496 e. The second kappa shape index (κ2) is 7.51. The van der Waals surface area contributed by atoms with Crippen LogP contribution < -0.4 is 10.5 Å². The normalized spacial score (nSPS) is 11.1. The number of benzene rings is 1. The molecule has 4 rings (SSSR count). The number of hydrogen-bond acceptors (Lipinski definition) is 7. The van der Waals surface area contributed by atoms with E-state index in [1.54, 1.807) is 18.5 Å². The number of aryl methyl sites for hydroxylation is 2. The molecule has 4 aromatic rings. The highest BCUT2D eigenvalue weighted by atomic mass is 16.5. The molecule has 9 heteroatoms. The van der Waals surface area contributed by atoms with Crippen molar-refractivity contribution in [1.82, 2.24) is 24.4 Å². The molecule has 3 heterocycles. The van der Waals surface area contributed by atoms with E-state index in [2.05, 4.69) is 10.2 Å². The molecule has 0 saturated heterocycles. The van der Waals surface area contributed by atoms with E-state index in [0.717, 1.165) is 28.3 Å². The lowest BCUT2D eigenvalue weighted by Crippen LogP contribution is -2.12. The van der Waals surface area contributed by atoms with Crippen LogP contribution in [0.5, 0.6) is 5.75 Å². The summed E-state index contributed by atoms with van der Waals surface area (Å²) in [5, 5.41) is 8.98. The zero-order valence-corrected chi connectivity index (χ0v) is 17.2. The number of nitrogen functional groups attached to an aromatic ring is 1. The van der Waals surface area contributed by atoms with Gasteiger partial charge in [-0.2, -0.15) is 19.4 Å². The molecule has 154 valence electrons. The van der Waals surface area contributed by atoms with Crippen LogP contribution in [0.15, 0.2) is 36.5 Å². The summed E-state index contributed by atoms with van der Waals surface area (Å²) in [6.45, 7) is 5.78. The van der Waals surface area contributed by atoms with Crippen molar-refractivity contribution in [2.24, 2.45) is 0 Å². The molecule has 0 aliphatic heterocycles. The van der Waals surface area contributed by atoms with Crippen molar-refractivity contribution in [3.8, 4) is 22.7 Å². The average Bonchev–Trinajstić information content (AvgIpc) is 3.27. The molecule has 0 atom stereocenters. The number of anilines is 1. The third kappa shape index (κ3) is 3.04. The minimum Gasteiger partial charge on any atom is -0.496 e. The molecular weight excluding hydrogens is 384 g/mol. The van der Waals surface area contributed by atoms with Gasteiger partial charge in [-0.15, -0.1) is 0 Å². The monoisotopic (exact) mass is 406 g/mol. The zero-order valence-electron chi connectivity index (χ0n) is 17.2. The number of para-hydroxylation sites is 1. The Bertz CT molecular complexity index is 1260. The minimum atomic E-state index is -0.519. The maximum atomic E-state index is 12.2. The molecule has 0 radical (unpaired) electrons. The van der Waals surface area contributed by atoms with Gasteiger partial charge in [0.15, 0.2) is 11.5 Å². The number of hydrogen-bond donors (Lipinski definition) is 1. The van der Waals surface area contributed by atoms with E-state index in [1.165, 1.54) is 10.9 Å². The molecule has 3 aromatic heterocycles. The Labute approximate surface area is 173 Å². The van der Waals surface area contributed by atoms with Crippen molar-refractivity contribution in [1.29, 1.82) is 0 Å². The smallest absolute Gasteiger partial charge is 0.343 e. The van der Waals surface area contributed by atoms with Gasteiger partial charge in [0, 0.05) is 17.3 Å². The molecule has 30 heavy (non-hydrogen) atoms. The third-order valence-electron chi connectivity index (χ3n) is 4.77. The maximum absolute atomic E-state index is 12.2. The van der Waals surface area contributed by atoms with Crippen LogP contribution in [0.4, 0.5) is 5.82 Å². The first kappa shape index (κ1) is 19.4. The number of nitrogens with two attached hydrogens (primary N) is 1. The molecular formula is C21H22N6O3. The summed E-state index contributed by atoms with van der Waals surface area (Å²) in [7, 11) is 1.63. The first-order valence-corrected chi connectivity index (χ1v) is 9.47. The van der Waals surface area contributed by atoms with E-state index in [4.69, 9.17) is 20.2 Å². The molecule has 0 aliphatic rings. The summed E-state index contributed by atoms with van der Waals surface area (Å²) in [4.78, 5) is 16.9. The van der Waals surface area contributed by atoms with Gasteiger partial charge in [0.05, 0.1) is 31.2 Å². The number of carbonyl (C=O) groups excluding carboxylic acids is 1. The molecule has 9 nitrogen and oxygen atoms in total. The van der Waals surface area contributed by atoms with E-state index >= 15 is 0 Å². The van der Waals surface area contributed by atoms with Crippen LogP contribution in [0, 0.1) is 13.8 Å². The number of fused-ring (bicyclic) bond motifs is 1. The minimum absolute atomic E-state index is 0.173. The standard InChI is InChI=1S/C21H22N6O3/c1-5-30-21(28)15-11-23-26(19(15)22)17-10-12(2)24-20-18(13(3)25-27(17)20)14-8-6-7-9-16(14)29-4/h6-11H,5,22H2,1-4H3. The van der Waals surface area contributed by atoms with Crippen molar-refractivity contribution in [3.63, 3.8) is 0 Å². The fraction of sp³-hybridized carbons (Fsp3) is 0.238. The molecule has 0 fully saturated rings. The Hall–Kier alpha value is -3.88. The lowest BCUT2D eigenvalue weighted by molar-refractivity contribution is 0.0527. The van der Waals surface area contributed by atoms with Gasteiger partial charge in [-0.3, -0.25) is 0 Å². The number of aromatic nitrogens is 5. The highest BCUT2D eigenvalue weighted by Crippen LogP contribution is 2.35. The molecule has 0 aliphatic carbocycles. The van der Waals surface area contributed by atoms with Crippen LogP contribution in [0.3, 0.4) is 0 Å². The number of methoxy groups -OCH3 is 1. The molecule has 0 bridgehead atoms. The topological polar surface area (TPSA) is 110 Å². The van der Waals surface area contributed by atoms with E-state index in [1.807, 2.05) is 44.2 Å². The summed E-state index contributed by atoms with van der Waals surface area (Å²) < 4.78 is 13.7. The highest BCUT2D eigenvalue weighted by molar-refractivity contribution is 5.94. The summed E-state index contributed by atoms with van der Waals surface area (Å²) in [6.07, 6.45) is 1.40. The predicted molar refractivity (Wildman–Crippen MR) is 112 cm³/mol. The molecule has 0 spiro atoms. The van der Waals surface area contributed by atoms with E-state index in [0.29, 0.717) is 11.5 Å². The number of nitrogens with zero attached hydrogens (tertiary/aromatic N) is 5. The van der Waals surface area contributed by atoms with E-state index < -0.39 is 5.97 Å². The Morgan fingerprint density at radius 3 is 2.73 bits per heavy atom. The van der Waals surface area contributed by atoms with Crippen LogP contribution in [-0.2, 0) is 4.74 Å². The third-order valence-corrected chi connectivity index (χ3v) is 4.77. The van der Waals surface area contributed by atoms with Gasteiger partial charge in [0.2, 0.25) is 0 Å². The van der Waals surface area contributed by atoms with E-state index in [-0.39, 0.29) is 18.0 Å². The Morgan fingerprint density at radius 2 is 2.00 bits per heavy atom. The predicted octanol–water partition coefficient (Wildman–Crippen LogP) is 2.97. The van der Waals surface area contributed by atoms with Gasteiger partial charge in [0.25, 0.3) is 0 Å². The first-order valence-electron chi connectivity index (χ1n) is 9.47. The number of ether oxygens (including phenoxy) is 2. The fourth-order valence-corrected chi connectivity index (χ4v) is 3.45. The van der Waals surface area contributed by atoms with Crippen molar-refractivity contribution >= 4 is 17.4 Å². The summed E-state index contributed by atoms with van der Waals surface area (Å²) in [5.74, 6) is 0.945. The Balaban J connectivity index is 1.96.